The van der Waals surface area contributed by atoms with Crippen LogP contribution in [0.25, 0.3) is 5.76 Å². The first kappa shape index (κ1) is 27.8. The highest BCUT2D eigenvalue weighted by Gasteiger charge is 2.48. The van der Waals surface area contributed by atoms with Gasteiger partial charge in [0.1, 0.15) is 23.9 Å². The van der Waals surface area contributed by atoms with Crippen LogP contribution in [0.15, 0.2) is 78.4 Å². The number of benzene rings is 3. The number of carbonyl (C=O) groups is 3. The molecular formula is C32H28N2O6S. The van der Waals surface area contributed by atoms with Crippen molar-refractivity contribution >= 4 is 39.7 Å². The lowest BCUT2D eigenvalue weighted by Gasteiger charge is -2.23. The van der Waals surface area contributed by atoms with Crippen LogP contribution in [0, 0.1) is 13.8 Å². The van der Waals surface area contributed by atoms with Gasteiger partial charge in [-0.25, -0.2) is 4.98 Å². The quantitative estimate of drug-likeness (QED) is 0.117. The third-order valence-corrected chi connectivity index (χ3v) is 8.23. The van der Waals surface area contributed by atoms with Gasteiger partial charge in [0, 0.05) is 12.5 Å². The molecule has 1 aliphatic heterocycles. The van der Waals surface area contributed by atoms with Gasteiger partial charge in [0.2, 0.25) is 0 Å². The Labute approximate surface area is 241 Å². The number of Topliss-reactive ketones (excluding diaryl/α,β-unsaturated/α-hetero) is 2. The molecule has 8 nitrogen and oxygen atoms in total. The molecule has 1 saturated heterocycles. The minimum Gasteiger partial charge on any atom is -0.507 e. The van der Waals surface area contributed by atoms with Crippen molar-refractivity contribution in [2.45, 2.75) is 33.4 Å². The average molecular weight is 569 g/mol. The van der Waals surface area contributed by atoms with Gasteiger partial charge in [0.15, 0.2) is 10.9 Å². The summed E-state index contributed by atoms with van der Waals surface area (Å²) in [5.41, 5.74) is 3.49. The summed E-state index contributed by atoms with van der Waals surface area (Å²) in [4.78, 5) is 45.1. The zero-order chi connectivity index (χ0) is 29.3. The number of ether oxygens (including phenoxy) is 2. The maximum atomic E-state index is 13.4. The van der Waals surface area contributed by atoms with E-state index in [0.717, 1.165) is 22.5 Å². The number of carbonyl (C=O) groups excluding carboxylic acids is 3. The maximum Gasteiger partial charge on any atom is 0.301 e. The number of aryl methyl sites for hydroxylation is 2. The summed E-state index contributed by atoms with van der Waals surface area (Å²) in [5.74, 6) is -1.01. The first-order valence-corrected chi connectivity index (χ1v) is 13.7. The molecule has 0 saturated carbocycles. The second kappa shape index (κ2) is 11.4. The van der Waals surface area contributed by atoms with Crippen LogP contribution in [0.2, 0.25) is 0 Å². The molecule has 5 rings (SSSR count). The van der Waals surface area contributed by atoms with Crippen LogP contribution in [-0.2, 0) is 16.2 Å². The number of aromatic nitrogens is 1. The lowest BCUT2D eigenvalue weighted by Crippen LogP contribution is -2.29. The molecule has 4 aromatic rings. The Balaban J connectivity index is 1.54. The van der Waals surface area contributed by atoms with E-state index in [1.165, 1.54) is 18.9 Å². The number of aliphatic hydroxyl groups excluding tert-OH is 1. The number of ketones is 2. The zero-order valence-electron chi connectivity index (χ0n) is 23.0. The number of nitrogens with zero attached hydrogens (tertiary/aromatic N) is 2. The molecule has 1 aromatic heterocycles. The van der Waals surface area contributed by atoms with Crippen molar-refractivity contribution in [1.82, 2.24) is 4.98 Å². The Morgan fingerprint density at radius 1 is 0.976 bits per heavy atom. The summed E-state index contributed by atoms with van der Waals surface area (Å²) in [6.45, 7) is 5.50. The molecule has 1 atom stereocenters. The fourth-order valence-electron chi connectivity index (χ4n) is 4.74. The van der Waals surface area contributed by atoms with Crippen LogP contribution in [0.1, 0.15) is 50.6 Å². The number of hydrogen-bond acceptors (Lipinski definition) is 8. The van der Waals surface area contributed by atoms with E-state index < -0.39 is 17.7 Å². The van der Waals surface area contributed by atoms with Gasteiger partial charge in [-0.2, -0.15) is 0 Å². The predicted octanol–water partition coefficient (Wildman–Crippen LogP) is 6.18. The van der Waals surface area contributed by atoms with Gasteiger partial charge < -0.3 is 14.6 Å². The Morgan fingerprint density at radius 2 is 1.63 bits per heavy atom. The molecule has 1 fully saturated rings. The highest BCUT2D eigenvalue weighted by atomic mass is 32.1. The number of methoxy groups -OCH3 is 1. The fourth-order valence-corrected chi connectivity index (χ4v) is 5.73. The Bertz CT molecular complexity index is 1670. The van der Waals surface area contributed by atoms with E-state index in [9.17, 15) is 19.5 Å². The number of hydrogen-bond donors (Lipinski definition) is 1. The van der Waals surface area contributed by atoms with Crippen LogP contribution < -0.4 is 14.4 Å². The summed E-state index contributed by atoms with van der Waals surface area (Å²) in [6, 6.07) is 20.5. The minimum absolute atomic E-state index is 0.0778. The van der Waals surface area contributed by atoms with E-state index in [1.807, 2.05) is 31.2 Å². The molecule has 1 amide bonds. The Morgan fingerprint density at radius 3 is 2.24 bits per heavy atom. The lowest BCUT2D eigenvalue weighted by molar-refractivity contribution is -0.132. The van der Waals surface area contributed by atoms with Gasteiger partial charge in [-0.05, 0) is 66.9 Å². The monoisotopic (exact) mass is 568 g/mol. The van der Waals surface area contributed by atoms with E-state index >= 15 is 0 Å². The van der Waals surface area contributed by atoms with E-state index in [2.05, 4.69) is 4.98 Å². The SMILES string of the molecule is COc1ccc(C2C(=C(O)c3ccc(OCc4ccccc4C)cc3)C(=O)C(=O)N2c2nc(C)c(C(C)=O)s2)cc1. The van der Waals surface area contributed by atoms with Gasteiger partial charge in [-0.3, -0.25) is 19.3 Å². The third-order valence-electron chi connectivity index (χ3n) is 6.97. The third kappa shape index (κ3) is 5.36. The molecule has 208 valence electrons. The van der Waals surface area contributed by atoms with E-state index in [-0.39, 0.29) is 22.2 Å². The Hall–Kier alpha value is -4.76. The molecular weight excluding hydrogens is 540 g/mol. The number of rotatable bonds is 8. The van der Waals surface area contributed by atoms with Crippen molar-refractivity contribution in [2.75, 3.05) is 12.0 Å². The second-order valence-corrected chi connectivity index (χ2v) is 10.6. The van der Waals surface area contributed by atoms with Crippen molar-refractivity contribution in [3.8, 4) is 11.5 Å². The Kier molecular flexibility index (Phi) is 7.72. The standard InChI is InChI=1S/C32H28N2O6S/c1-18-7-5-6-8-23(18)17-40-25-15-11-22(12-16-25)28(36)26-27(21-9-13-24(39-4)14-10-21)34(31(38)29(26)37)32-33-19(2)30(41-32)20(3)35/h5-16,27,36H,17H2,1-4H3. The summed E-state index contributed by atoms with van der Waals surface area (Å²) in [6.07, 6.45) is 0. The van der Waals surface area contributed by atoms with Gasteiger partial charge in [0.25, 0.3) is 5.78 Å². The van der Waals surface area contributed by atoms with Crippen molar-refractivity contribution < 1.29 is 29.0 Å². The first-order chi connectivity index (χ1) is 19.7. The van der Waals surface area contributed by atoms with E-state index in [0.29, 0.717) is 39.8 Å². The summed E-state index contributed by atoms with van der Waals surface area (Å²) in [5, 5.41) is 11.6. The van der Waals surface area contributed by atoms with Crippen molar-refractivity contribution in [3.05, 3.63) is 111 Å². The summed E-state index contributed by atoms with van der Waals surface area (Å²) >= 11 is 1.04. The number of amides is 1. The molecule has 1 N–H and O–H groups in total. The molecule has 9 heteroatoms. The van der Waals surface area contributed by atoms with Gasteiger partial charge in [-0.15, -0.1) is 0 Å². The predicted molar refractivity (Wildman–Crippen MR) is 157 cm³/mol. The van der Waals surface area contributed by atoms with Crippen LogP contribution >= 0.6 is 11.3 Å². The fraction of sp³-hybridized carbons (Fsp3) is 0.188. The number of thiazole rings is 1. The first-order valence-electron chi connectivity index (χ1n) is 12.9. The minimum atomic E-state index is -0.969. The molecule has 0 bridgehead atoms. The highest BCUT2D eigenvalue weighted by molar-refractivity contribution is 7.18. The smallest absolute Gasteiger partial charge is 0.301 e. The van der Waals surface area contributed by atoms with Crippen LogP contribution in [0.5, 0.6) is 11.5 Å². The lowest BCUT2D eigenvalue weighted by atomic mass is 9.95. The molecule has 2 heterocycles. The van der Waals surface area contributed by atoms with Crippen LogP contribution in [-0.4, -0.2) is 34.7 Å². The topological polar surface area (TPSA) is 106 Å². The van der Waals surface area contributed by atoms with Gasteiger partial charge in [0.05, 0.1) is 29.3 Å². The highest BCUT2D eigenvalue weighted by Crippen LogP contribution is 2.44. The van der Waals surface area contributed by atoms with Crippen LogP contribution in [0.4, 0.5) is 5.13 Å². The molecule has 1 unspecified atom stereocenters. The largest absolute Gasteiger partial charge is 0.507 e. The van der Waals surface area contributed by atoms with Crippen molar-refractivity contribution in [2.24, 2.45) is 0 Å². The summed E-state index contributed by atoms with van der Waals surface area (Å²) in [7, 11) is 1.54. The normalized spacial score (nSPS) is 16.2. The summed E-state index contributed by atoms with van der Waals surface area (Å²) < 4.78 is 11.2. The van der Waals surface area contributed by atoms with Crippen LogP contribution in [0.3, 0.4) is 0 Å². The zero-order valence-corrected chi connectivity index (χ0v) is 23.8. The molecule has 0 spiro atoms. The van der Waals surface area contributed by atoms with E-state index in [4.69, 9.17) is 9.47 Å². The molecule has 41 heavy (non-hydrogen) atoms. The van der Waals surface area contributed by atoms with Crippen molar-refractivity contribution in [3.63, 3.8) is 0 Å². The molecule has 0 radical (unpaired) electrons. The molecule has 0 aliphatic carbocycles. The number of aliphatic hydroxyl groups is 1. The van der Waals surface area contributed by atoms with Crippen molar-refractivity contribution in [1.29, 1.82) is 0 Å². The van der Waals surface area contributed by atoms with Gasteiger partial charge >= 0.3 is 5.91 Å². The second-order valence-electron chi connectivity index (χ2n) is 9.65. The average Bonchev–Trinajstić information content (AvgIpc) is 3.49. The maximum absolute atomic E-state index is 13.4. The molecule has 3 aromatic carbocycles. The van der Waals surface area contributed by atoms with E-state index in [1.54, 1.807) is 55.5 Å². The van der Waals surface area contributed by atoms with Gasteiger partial charge in [-0.1, -0.05) is 47.7 Å². The molecule has 1 aliphatic rings. The number of anilines is 1.